The molecular formula is C21H28N2O2. The summed E-state index contributed by atoms with van der Waals surface area (Å²) < 4.78 is 5.40. The second-order valence-electron chi connectivity index (χ2n) is 6.27. The lowest BCUT2D eigenvalue weighted by molar-refractivity contribution is -0.120. The number of amides is 1. The maximum atomic E-state index is 12.0. The van der Waals surface area contributed by atoms with E-state index in [1.807, 2.05) is 45.3 Å². The van der Waals surface area contributed by atoms with Gasteiger partial charge in [0.1, 0.15) is 5.75 Å². The van der Waals surface area contributed by atoms with Crippen molar-refractivity contribution >= 4 is 11.6 Å². The Labute approximate surface area is 150 Å². The molecular weight excluding hydrogens is 312 g/mol. The number of carbonyl (C=O) groups is 1. The van der Waals surface area contributed by atoms with Crippen LogP contribution in [0, 0.1) is 0 Å². The molecule has 0 fully saturated rings. The predicted molar refractivity (Wildman–Crippen MR) is 103 cm³/mol. The molecule has 0 atom stereocenters. The largest absolute Gasteiger partial charge is 0.494 e. The smallest absolute Gasteiger partial charge is 0.224 e. The molecule has 0 aromatic heterocycles. The van der Waals surface area contributed by atoms with E-state index < -0.39 is 0 Å². The number of benzene rings is 2. The van der Waals surface area contributed by atoms with Crippen molar-refractivity contribution in [1.82, 2.24) is 5.32 Å². The summed E-state index contributed by atoms with van der Waals surface area (Å²) in [5.41, 5.74) is 3.50. The van der Waals surface area contributed by atoms with Crippen LogP contribution in [0.3, 0.4) is 0 Å². The van der Waals surface area contributed by atoms with Gasteiger partial charge in [0.15, 0.2) is 0 Å². The Morgan fingerprint density at radius 1 is 1.00 bits per heavy atom. The van der Waals surface area contributed by atoms with Crippen molar-refractivity contribution in [3.05, 3.63) is 59.7 Å². The second kappa shape index (κ2) is 9.72. The molecule has 0 saturated heterocycles. The van der Waals surface area contributed by atoms with E-state index in [9.17, 15) is 4.79 Å². The molecule has 4 nitrogen and oxygen atoms in total. The fourth-order valence-corrected chi connectivity index (χ4v) is 2.60. The standard InChI is InChI=1S/C21H28N2O2/c1-4-25-20-13-9-18(10-14-20)16-21(24)22-15-5-6-17-7-11-19(12-8-17)23(2)3/h7-14H,4-6,15-16H2,1-3H3,(H,22,24). The van der Waals surface area contributed by atoms with Crippen molar-refractivity contribution in [2.75, 3.05) is 32.1 Å². The molecule has 134 valence electrons. The van der Waals surface area contributed by atoms with E-state index in [1.54, 1.807) is 0 Å². The van der Waals surface area contributed by atoms with E-state index in [4.69, 9.17) is 4.74 Å². The summed E-state index contributed by atoms with van der Waals surface area (Å²) in [6, 6.07) is 16.2. The van der Waals surface area contributed by atoms with Crippen LogP contribution in [-0.4, -0.2) is 33.2 Å². The number of hydrogen-bond donors (Lipinski definition) is 1. The van der Waals surface area contributed by atoms with Gasteiger partial charge in [-0.05, 0) is 55.2 Å². The zero-order chi connectivity index (χ0) is 18.1. The van der Waals surface area contributed by atoms with Gasteiger partial charge in [0.2, 0.25) is 5.91 Å². The van der Waals surface area contributed by atoms with Crippen molar-refractivity contribution in [2.45, 2.75) is 26.2 Å². The van der Waals surface area contributed by atoms with E-state index in [2.05, 4.69) is 34.5 Å². The first-order chi connectivity index (χ1) is 12.1. The third-order valence-electron chi connectivity index (χ3n) is 4.02. The van der Waals surface area contributed by atoms with Gasteiger partial charge in [0, 0.05) is 26.3 Å². The third-order valence-corrected chi connectivity index (χ3v) is 4.02. The van der Waals surface area contributed by atoms with E-state index >= 15 is 0 Å². The average Bonchev–Trinajstić information content (AvgIpc) is 2.61. The van der Waals surface area contributed by atoms with Crippen LogP contribution in [0.5, 0.6) is 5.75 Å². The number of carbonyl (C=O) groups excluding carboxylic acids is 1. The molecule has 0 unspecified atom stereocenters. The van der Waals surface area contributed by atoms with Crippen LogP contribution in [0.4, 0.5) is 5.69 Å². The predicted octanol–water partition coefficient (Wildman–Crippen LogP) is 3.44. The number of rotatable bonds is 9. The summed E-state index contributed by atoms with van der Waals surface area (Å²) in [5.74, 6) is 0.902. The van der Waals surface area contributed by atoms with Gasteiger partial charge in [-0.25, -0.2) is 0 Å². The number of hydrogen-bond acceptors (Lipinski definition) is 3. The van der Waals surface area contributed by atoms with Crippen LogP contribution in [0.15, 0.2) is 48.5 Å². The lowest BCUT2D eigenvalue weighted by Crippen LogP contribution is -2.26. The third kappa shape index (κ3) is 6.49. The Morgan fingerprint density at radius 3 is 2.24 bits per heavy atom. The Hall–Kier alpha value is -2.49. The Morgan fingerprint density at radius 2 is 1.64 bits per heavy atom. The summed E-state index contributed by atoms with van der Waals surface area (Å²) in [6.45, 7) is 3.31. The molecule has 0 aliphatic carbocycles. The summed E-state index contributed by atoms with van der Waals surface area (Å²) in [4.78, 5) is 14.1. The van der Waals surface area contributed by atoms with Gasteiger partial charge in [-0.3, -0.25) is 4.79 Å². The van der Waals surface area contributed by atoms with Gasteiger partial charge in [0.25, 0.3) is 0 Å². The fourth-order valence-electron chi connectivity index (χ4n) is 2.60. The zero-order valence-electron chi connectivity index (χ0n) is 15.4. The van der Waals surface area contributed by atoms with E-state index in [-0.39, 0.29) is 5.91 Å². The summed E-state index contributed by atoms with van der Waals surface area (Å²) >= 11 is 0. The fraction of sp³-hybridized carbons (Fsp3) is 0.381. The van der Waals surface area contributed by atoms with E-state index in [0.717, 1.165) is 24.2 Å². The maximum Gasteiger partial charge on any atom is 0.224 e. The maximum absolute atomic E-state index is 12.0. The van der Waals surface area contributed by atoms with Gasteiger partial charge in [-0.15, -0.1) is 0 Å². The lowest BCUT2D eigenvalue weighted by Gasteiger charge is -2.12. The quantitative estimate of drug-likeness (QED) is 0.711. The molecule has 0 aliphatic rings. The monoisotopic (exact) mass is 340 g/mol. The minimum absolute atomic E-state index is 0.0621. The van der Waals surface area contributed by atoms with Crippen LogP contribution >= 0.6 is 0 Å². The highest BCUT2D eigenvalue weighted by Crippen LogP contribution is 2.14. The second-order valence-corrected chi connectivity index (χ2v) is 6.27. The van der Waals surface area contributed by atoms with Crippen molar-refractivity contribution in [1.29, 1.82) is 0 Å². The number of nitrogens with one attached hydrogen (secondary N) is 1. The number of nitrogens with zero attached hydrogens (tertiary/aromatic N) is 1. The highest BCUT2D eigenvalue weighted by molar-refractivity contribution is 5.78. The highest BCUT2D eigenvalue weighted by atomic mass is 16.5. The molecule has 0 saturated carbocycles. The molecule has 1 N–H and O–H groups in total. The van der Waals surface area contributed by atoms with Crippen molar-refractivity contribution in [3.63, 3.8) is 0 Å². The minimum atomic E-state index is 0.0621. The number of aryl methyl sites for hydroxylation is 1. The Kier molecular flexibility index (Phi) is 7.33. The zero-order valence-corrected chi connectivity index (χ0v) is 15.4. The Balaban J connectivity index is 1.68. The molecule has 0 bridgehead atoms. The van der Waals surface area contributed by atoms with Crippen LogP contribution < -0.4 is 15.0 Å². The first-order valence-corrected chi connectivity index (χ1v) is 8.83. The first-order valence-electron chi connectivity index (χ1n) is 8.83. The summed E-state index contributed by atoms with van der Waals surface area (Å²) in [6.07, 6.45) is 2.32. The SMILES string of the molecule is CCOc1ccc(CC(=O)NCCCc2ccc(N(C)C)cc2)cc1. The van der Waals surface area contributed by atoms with Crippen LogP contribution in [-0.2, 0) is 17.6 Å². The highest BCUT2D eigenvalue weighted by Gasteiger charge is 2.04. The van der Waals surface area contributed by atoms with Crippen LogP contribution in [0.2, 0.25) is 0 Å². The topological polar surface area (TPSA) is 41.6 Å². The molecule has 2 aromatic rings. The first kappa shape index (κ1) is 18.8. The van der Waals surface area contributed by atoms with Gasteiger partial charge in [-0.2, -0.15) is 0 Å². The van der Waals surface area contributed by atoms with Crippen molar-refractivity contribution < 1.29 is 9.53 Å². The molecule has 0 radical (unpaired) electrons. The Bertz CT molecular complexity index is 649. The molecule has 0 heterocycles. The summed E-state index contributed by atoms with van der Waals surface area (Å²) in [7, 11) is 4.07. The minimum Gasteiger partial charge on any atom is -0.494 e. The van der Waals surface area contributed by atoms with E-state index in [1.165, 1.54) is 11.3 Å². The van der Waals surface area contributed by atoms with Crippen molar-refractivity contribution in [3.8, 4) is 5.75 Å². The lowest BCUT2D eigenvalue weighted by atomic mass is 10.1. The van der Waals surface area contributed by atoms with Crippen LogP contribution in [0.25, 0.3) is 0 Å². The normalized spacial score (nSPS) is 10.4. The number of anilines is 1. The van der Waals surface area contributed by atoms with Gasteiger partial charge >= 0.3 is 0 Å². The molecule has 1 amide bonds. The molecule has 0 spiro atoms. The van der Waals surface area contributed by atoms with Gasteiger partial charge in [-0.1, -0.05) is 24.3 Å². The molecule has 0 aliphatic heterocycles. The molecule has 2 rings (SSSR count). The molecule has 25 heavy (non-hydrogen) atoms. The van der Waals surface area contributed by atoms with Crippen molar-refractivity contribution in [2.24, 2.45) is 0 Å². The average molecular weight is 340 g/mol. The molecule has 4 heteroatoms. The van der Waals surface area contributed by atoms with Gasteiger partial charge < -0.3 is 15.0 Å². The number of ether oxygens (including phenoxy) is 1. The molecule has 2 aromatic carbocycles. The van der Waals surface area contributed by atoms with Gasteiger partial charge in [0.05, 0.1) is 13.0 Å². The summed E-state index contributed by atoms with van der Waals surface area (Å²) in [5, 5.41) is 2.99. The van der Waals surface area contributed by atoms with E-state index in [0.29, 0.717) is 19.6 Å². The van der Waals surface area contributed by atoms with Crippen LogP contribution in [0.1, 0.15) is 24.5 Å².